The van der Waals surface area contributed by atoms with Crippen molar-refractivity contribution in [3.63, 3.8) is 0 Å². The third-order valence-corrected chi connectivity index (χ3v) is 1.86. The monoisotopic (exact) mass is 221 g/mol. The van der Waals surface area contributed by atoms with Gasteiger partial charge in [0, 0.05) is 5.56 Å². The minimum Gasteiger partial charge on any atom is -0.393 e. The Morgan fingerprint density at radius 2 is 2.31 bits per heavy atom. The van der Waals surface area contributed by atoms with Gasteiger partial charge in [-0.15, -0.1) is 0 Å². The Morgan fingerprint density at radius 1 is 1.62 bits per heavy atom. The van der Waals surface area contributed by atoms with Crippen molar-refractivity contribution in [1.29, 1.82) is 5.26 Å². The SMILES string of the molecule is N#CCC=Cc1cc(F)cc([N+](=O)[O-])c1N. The highest BCUT2D eigenvalue weighted by Crippen LogP contribution is 2.27. The number of benzene rings is 1. The van der Waals surface area contributed by atoms with Crippen LogP contribution in [-0.2, 0) is 0 Å². The zero-order chi connectivity index (χ0) is 12.1. The molecule has 0 amide bonds. The molecule has 1 aromatic carbocycles. The number of halogens is 1. The van der Waals surface area contributed by atoms with Gasteiger partial charge in [0.1, 0.15) is 11.5 Å². The van der Waals surface area contributed by atoms with Crippen molar-refractivity contribution in [3.05, 3.63) is 39.7 Å². The number of nitriles is 1. The standard InChI is InChI=1S/C10H8FN3O2/c11-8-5-7(3-1-2-4-12)10(13)9(6-8)14(15)16/h1,3,5-6H,2,13H2. The Labute approximate surface area is 90.8 Å². The minimum atomic E-state index is -0.750. The molecule has 0 aliphatic rings. The van der Waals surface area contributed by atoms with Gasteiger partial charge in [-0.2, -0.15) is 5.26 Å². The molecule has 0 radical (unpaired) electrons. The summed E-state index contributed by atoms with van der Waals surface area (Å²) in [6.45, 7) is 0. The number of anilines is 1. The number of nitro benzene ring substituents is 1. The van der Waals surface area contributed by atoms with Crippen LogP contribution < -0.4 is 5.73 Å². The molecule has 0 saturated carbocycles. The molecule has 1 rings (SSSR count). The molecule has 0 spiro atoms. The molecule has 82 valence electrons. The lowest BCUT2D eigenvalue weighted by Crippen LogP contribution is -1.99. The fraction of sp³-hybridized carbons (Fsp3) is 0.100. The average molecular weight is 221 g/mol. The van der Waals surface area contributed by atoms with Crippen LogP contribution in [0.1, 0.15) is 12.0 Å². The van der Waals surface area contributed by atoms with Crippen molar-refractivity contribution in [2.24, 2.45) is 0 Å². The van der Waals surface area contributed by atoms with Crippen molar-refractivity contribution >= 4 is 17.5 Å². The molecule has 6 heteroatoms. The van der Waals surface area contributed by atoms with Crippen LogP contribution in [0.25, 0.3) is 6.08 Å². The van der Waals surface area contributed by atoms with Crippen LogP contribution in [0.5, 0.6) is 0 Å². The smallest absolute Gasteiger partial charge is 0.295 e. The van der Waals surface area contributed by atoms with Crippen molar-refractivity contribution in [3.8, 4) is 6.07 Å². The second kappa shape index (κ2) is 4.89. The molecule has 0 bridgehead atoms. The topological polar surface area (TPSA) is 92.9 Å². The summed E-state index contributed by atoms with van der Waals surface area (Å²) in [6.07, 6.45) is 2.97. The van der Waals surface area contributed by atoms with Crippen LogP contribution in [0.4, 0.5) is 15.8 Å². The van der Waals surface area contributed by atoms with Gasteiger partial charge in [-0.1, -0.05) is 12.2 Å². The Balaban J connectivity index is 3.20. The molecule has 0 aromatic heterocycles. The predicted octanol–water partition coefficient (Wildman–Crippen LogP) is 2.24. The predicted molar refractivity (Wildman–Crippen MR) is 56.7 cm³/mol. The molecule has 0 heterocycles. The minimum absolute atomic E-state index is 0.111. The van der Waals surface area contributed by atoms with E-state index in [0.717, 1.165) is 12.1 Å². The molecule has 1 aromatic rings. The third-order valence-electron chi connectivity index (χ3n) is 1.86. The maximum absolute atomic E-state index is 13.0. The first-order chi connectivity index (χ1) is 7.56. The Kier molecular flexibility index (Phi) is 3.56. The molecule has 2 N–H and O–H groups in total. The van der Waals surface area contributed by atoms with Crippen LogP contribution in [0.2, 0.25) is 0 Å². The number of nitrogens with zero attached hydrogens (tertiary/aromatic N) is 2. The lowest BCUT2D eigenvalue weighted by molar-refractivity contribution is -0.384. The maximum atomic E-state index is 13.0. The molecule has 16 heavy (non-hydrogen) atoms. The van der Waals surface area contributed by atoms with Gasteiger partial charge in [-0.3, -0.25) is 10.1 Å². The first kappa shape index (κ1) is 11.7. The normalized spacial score (nSPS) is 10.2. The van der Waals surface area contributed by atoms with Gasteiger partial charge in [-0.25, -0.2) is 4.39 Å². The zero-order valence-corrected chi connectivity index (χ0v) is 8.18. The summed E-state index contributed by atoms with van der Waals surface area (Å²) in [6, 6.07) is 3.69. The van der Waals surface area contributed by atoms with Gasteiger partial charge < -0.3 is 5.73 Å². The van der Waals surface area contributed by atoms with E-state index in [4.69, 9.17) is 11.0 Å². The lowest BCUT2D eigenvalue weighted by atomic mass is 10.1. The summed E-state index contributed by atoms with van der Waals surface area (Å²) in [5.41, 5.74) is 5.10. The molecule has 0 saturated heterocycles. The fourth-order valence-corrected chi connectivity index (χ4v) is 1.15. The molecule has 0 unspecified atom stereocenters. The quantitative estimate of drug-likeness (QED) is 0.481. The van der Waals surface area contributed by atoms with E-state index < -0.39 is 16.4 Å². The van der Waals surface area contributed by atoms with E-state index in [1.807, 2.05) is 6.07 Å². The highest BCUT2D eigenvalue weighted by Gasteiger charge is 2.15. The summed E-state index contributed by atoms with van der Waals surface area (Å²) < 4.78 is 13.0. The first-order valence-electron chi connectivity index (χ1n) is 4.33. The van der Waals surface area contributed by atoms with E-state index in [0.29, 0.717) is 0 Å². The number of rotatable bonds is 3. The third kappa shape index (κ3) is 2.54. The Bertz CT molecular complexity index is 492. The second-order valence-corrected chi connectivity index (χ2v) is 2.95. The average Bonchev–Trinajstić information content (AvgIpc) is 2.22. The van der Waals surface area contributed by atoms with Gasteiger partial charge >= 0.3 is 0 Å². The molecule has 5 nitrogen and oxygen atoms in total. The van der Waals surface area contributed by atoms with Gasteiger partial charge in [-0.05, 0) is 6.07 Å². The lowest BCUT2D eigenvalue weighted by Gasteiger charge is -2.01. The molecule has 0 atom stereocenters. The number of hydrogen-bond acceptors (Lipinski definition) is 4. The van der Waals surface area contributed by atoms with Crippen LogP contribution in [0.3, 0.4) is 0 Å². The Hall–Kier alpha value is -2.42. The summed E-state index contributed by atoms with van der Waals surface area (Å²) in [4.78, 5) is 9.79. The maximum Gasteiger partial charge on any atom is 0.295 e. The summed E-state index contributed by atoms with van der Waals surface area (Å²) in [5.74, 6) is -0.738. The van der Waals surface area contributed by atoms with Gasteiger partial charge in [0.2, 0.25) is 0 Å². The van der Waals surface area contributed by atoms with E-state index in [2.05, 4.69) is 0 Å². The second-order valence-electron chi connectivity index (χ2n) is 2.95. The first-order valence-corrected chi connectivity index (χ1v) is 4.33. The van der Waals surface area contributed by atoms with Crippen molar-refractivity contribution < 1.29 is 9.31 Å². The molecule has 0 aliphatic heterocycles. The summed E-state index contributed by atoms with van der Waals surface area (Å²) in [5, 5.41) is 18.8. The molecular formula is C10H8FN3O2. The van der Waals surface area contributed by atoms with Gasteiger partial charge in [0.05, 0.1) is 23.5 Å². The Morgan fingerprint density at radius 3 is 2.88 bits per heavy atom. The number of allylic oxidation sites excluding steroid dienone is 1. The number of nitro groups is 1. The van der Waals surface area contributed by atoms with E-state index in [9.17, 15) is 14.5 Å². The van der Waals surface area contributed by atoms with Crippen LogP contribution in [-0.4, -0.2) is 4.92 Å². The largest absolute Gasteiger partial charge is 0.393 e. The van der Waals surface area contributed by atoms with E-state index in [-0.39, 0.29) is 17.7 Å². The molecule has 0 aliphatic carbocycles. The van der Waals surface area contributed by atoms with Crippen molar-refractivity contribution in [2.75, 3.05) is 5.73 Å². The van der Waals surface area contributed by atoms with E-state index in [1.165, 1.54) is 12.2 Å². The summed E-state index contributed by atoms with van der Waals surface area (Å²) >= 11 is 0. The van der Waals surface area contributed by atoms with Crippen LogP contribution in [0.15, 0.2) is 18.2 Å². The summed E-state index contributed by atoms with van der Waals surface area (Å²) in [7, 11) is 0. The van der Waals surface area contributed by atoms with E-state index >= 15 is 0 Å². The highest BCUT2D eigenvalue weighted by molar-refractivity contribution is 5.73. The van der Waals surface area contributed by atoms with Gasteiger partial charge in [0.15, 0.2) is 0 Å². The highest BCUT2D eigenvalue weighted by atomic mass is 19.1. The number of nitrogens with two attached hydrogens (primary N) is 1. The fourth-order valence-electron chi connectivity index (χ4n) is 1.15. The van der Waals surface area contributed by atoms with Gasteiger partial charge in [0.25, 0.3) is 5.69 Å². The van der Waals surface area contributed by atoms with Crippen molar-refractivity contribution in [2.45, 2.75) is 6.42 Å². The zero-order valence-electron chi connectivity index (χ0n) is 8.18. The van der Waals surface area contributed by atoms with Crippen LogP contribution >= 0.6 is 0 Å². The number of nitrogen functional groups attached to an aromatic ring is 1. The molecule has 0 fully saturated rings. The molecular weight excluding hydrogens is 213 g/mol. The van der Waals surface area contributed by atoms with E-state index in [1.54, 1.807) is 0 Å². The van der Waals surface area contributed by atoms with Crippen LogP contribution in [0, 0.1) is 27.3 Å². The number of hydrogen-bond donors (Lipinski definition) is 1. The van der Waals surface area contributed by atoms with Crippen molar-refractivity contribution in [1.82, 2.24) is 0 Å².